The van der Waals surface area contributed by atoms with Crippen LogP contribution in [-0.2, 0) is 11.2 Å². The maximum atomic E-state index is 11.7. The summed E-state index contributed by atoms with van der Waals surface area (Å²) in [5, 5.41) is 0.913. The average Bonchev–Trinajstić information content (AvgIpc) is 2.81. The van der Waals surface area contributed by atoms with Crippen molar-refractivity contribution in [2.75, 3.05) is 13.7 Å². The molecule has 1 aromatic carbocycles. The largest absolute Gasteiger partial charge is 0.497 e. The number of hydrogen-bond donors (Lipinski definition) is 0. The third-order valence-electron chi connectivity index (χ3n) is 2.82. The Labute approximate surface area is 122 Å². The summed E-state index contributed by atoms with van der Waals surface area (Å²) in [4.78, 5) is 17.0. The SMILES string of the molecule is CCOC(=O)c1nc(Cc2ccc(OC)cc2)sc1C. The fourth-order valence-corrected chi connectivity index (χ4v) is 2.79. The number of thiazole rings is 1. The van der Waals surface area contributed by atoms with Crippen LogP contribution in [0.3, 0.4) is 0 Å². The molecule has 0 saturated carbocycles. The molecule has 0 radical (unpaired) electrons. The first-order chi connectivity index (χ1) is 9.63. The lowest BCUT2D eigenvalue weighted by atomic mass is 10.1. The molecule has 2 rings (SSSR count). The molecule has 0 amide bonds. The van der Waals surface area contributed by atoms with E-state index in [9.17, 15) is 4.79 Å². The molecule has 0 aliphatic rings. The third-order valence-corrected chi connectivity index (χ3v) is 3.79. The maximum absolute atomic E-state index is 11.7. The van der Waals surface area contributed by atoms with Crippen molar-refractivity contribution in [3.05, 3.63) is 45.4 Å². The standard InChI is InChI=1S/C15H17NO3S/c1-4-19-15(17)14-10(2)20-13(16-14)9-11-5-7-12(18-3)8-6-11/h5-8H,4,9H2,1-3H3. The van der Waals surface area contributed by atoms with Gasteiger partial charge in [0.1, 0.15) is 5.75 Å². The number of ether oxygens (including phenoxy) is 2. The van der Waals surface area contributed by atoms with Gasteiger partial charge in [0.15, 0.2) is 5.69 Å². The smallest absolute Gasteiger partial charge is 0.358 e. The van der Waals surface area contributed by atoms with Crippen molar-refractivity contribution in [3.8, 4) is 5.75 Å². The van der Waals surface area contributed by atoms with Gasteiger partial charge in [-0.2, -0.15) is 0 Å². The number of aromatic nitrogens is 1. The van der Waals surface area contributed by atoms with E-state index in [1.54, 1.807) is 14.0 Å². The van der Waals surface area contributed by atoms with Gasteiger partial charge in [-0.1, -0.05) is 12.1 Å². The van der Waals surface area contributed by atoms with E-state index in [-0.39, 0.29) is 5.97 Å². The second-order valence-electron chi connectivity index (χ2n) is 4.26. The Bertz CT molecular complexity index is 590. The van der Waals surface area contributed by atoms with Gasteiger partial charge in [-0.15, -0.1) is 11.3 Å². The van der Waals surface area contributed by atoms with E-state index in [0.29, 0.717) is 18.7 Å². The zero-order valence-corrected chi connectivity index (χ0v) is 12.6. The van der Waals surface area contributed by atoms with Crippen LogP contribution in [0.1, 0.15) is 32.9 Å². The highest BCUT2D eigenvalue weighted by molar-refractivity contribution is 7.11. The first-order valence-electron chi connectivity index (χ1n) is 6.40. The first-order valence-corrected chi connectivity index (χ1v) is 7.22. The van der Waals surface area contributed by atoms with Crippen molar-refractivity contribution in [1.82, 2.24) is 4.98 Å². The average molecular weight is 291 g/mol. The molecule has 0 bridgehead atoms. The van der Waals surface area contributed by atoms with Crippen molar-refractivity contribution >= 4 is 17.3 Å². The van der Waals surface area contributed by atoms with Gasteiger partial charge in [0.05, 0.1) is 18.7 Å². The molecule has 0 aliphatic heterocycles. The van der Waals surface area contributed by atoms with E-state index in [1.807, 2.05) is 31.2 Å². The van der Waals surface area contributed by atoms with Crippen LogP contribution in [0.2, 0.25) is 0 Å². The Morgan fingerprint density at radius 1 is 1.30 bits per heavy atom. The molecule has 4 nitrogen and oxygen atoms in total. The number of nitrogens with zero attached hydrogens (tertiary/aromatic N) is 1. The summed E-state index contributed by atoms with van der Waals surface area (Å²) in [6.07, 6.45) is 0.703. The molecule has 0 aliphatic carbocycles. The molecule has 2 aromatic rings. The molecule has 0 fully saturated rings. The van der Waals surface area contributed by atoms with Crippen LogP contribution in [0.25, 0.3) is 0 Å². The lowest BCUT2D eigenvalue weighted by Crippen LogP contribution is -2.06. The van der Waals surface area contributed by atoms with E-state index in [1.165, 1.54) is 11.3 Å². The fraction of sp³-hybridized carbons (Fsp3) is 0.333. The van der Waals surface area contributed by atoms with E-state index in [2.05, 4.69) is 4.98 Å². The number of benzene rings is 1. The van der Waals surface area contributed by atoms with Crippen molar-refractivity contribution in [2.45, 2.75) is 20.3 Å². The molecule has 106 valence electrons. The second-order valence-corrected chi connectivity index (χ2v) is 5.55. The topological polar surface area (TPSA) is 48.4 Å². The molecule has 0 atom stereocenters. The van der Waals surface area contributed by atoms with E-state index in [4.69, 9.17) is 9.47 Å². The van der Waals surface area contributed by atoms with Crippen molar-refractivity contribution in [3.63, 3.8) is 0 Å². The highest BCUT2D eigenvalue weighted by atomic mass is 32.1. The molecule has 0 saturated heterocycles. The molecule has 1 aromatic heterocycles. The second kappa shape index (κ2) is 6.52. The first kappa shape index (κ1) is 14.5. The number of hydrogen-bond acceptors (Lipinski definition) is 5. The molecule has 20 heavy (non-hydrogen) atoms. The molecular weight excluding hydrogens is 274 g/mol. The molecule has 1 heterocycles. The van der Waals surface area contributed by atoms with Gasteiger partial charge >= 0.3 is 5.97 Å². The van der Waals surface area contributed by atoms with E-state index in [0.717, 1.165) is 21.2 Å². The summed E-state index contributed by atoms with van der Waals surface area (Å²) in [7, 11) is 1.64. The van der Waals surface area contributed by atoms with Gasteiger partial charge in [0, 0.05) is 11.3 Å². The summed E-state index contributed by atoms with van der Waals surface area (Å²) in [5.74, 6) is 0.485. The Balaban J connectivity index is 2.13. The molecule has 0 N–H and O–H groups in total. The lowest BCUT2D eigenvalue weighted by Gasteiger charge is -2.01. The molecule has 0 spiro atoms. The Morgan fingerprint density at radius 3 is 2.60 bits per heavy atom. The summed E-state index contributed by atoms with van der Waals surface area (Å²) >= 11 is 1.53. The van der Waals surface area contributed by atoms with Gasteiger partial charge < -0.3 is 9.47 Å². The minimum atomic E-state index is -0.345. The summed E-state index contributed by atoms with van der Waals surface area (Å²) in [5.41, 5.74) is 1.57. The number of carbonyl (C=O) groups excluding carboxylic acids is 1. The molecular formula is C15H17NO3S. The van der Waals surface area contributed by atoms with Crippen LogP contribution in [0.15, 0.2) is 24.3 Å². The van der Waals surface area contributed by atoms with Gasteiger partial charge in [0.25, 0.3) is 0 Å². The van der Waals surface area contributed by atoms with Gasteiger partial charge in [-0.25, -0.2) is 9.78 Å². The number of rotatable bonds is 5. The summed E-state index contributed by atoms with van der Waals surface area (Å²) in [6, 6.07) is 7.84. The number of carbonyl (C=O) groups is 1. The molecule has 5 heteroatoms. The van der Waals surface area contributed by atoms with Gasteiger partial charge in [0.2, 0.25) is 0 Å². The van der Waals surface area contributed by atoms with Crippen LogP contribution < -0.4 is 4.74 Å². The minimum absolute atomic E-state index is 0.345. The van der Waals surface area contributed by atoms with Crippen LogP contribution in [0, 0.1) is 6.92 Å². The van der Waals surface area contributed by atoms with Gasteiger partial charge in [-0.05, 0) is 31.5 Å². The van der Waals surface area contributed by atoms with Crippen molar-refractivity contribution < 1.29 is 14.3 Å². The predicted molar refractivity (Wildman–Crippen MR) is 78.6 cm³/mol. The van der Waals surface area contributed by atoms with Crippen LogP contribution in [-0.4, -0.2) is 24.7 Å². The Hall–Kier alpha value is -1.88. The van der Waals surface area contributed by atoms with Crippen LogP contribution >= 0.6 is 11.3 Å². The Kier molecular flexibility index (Phi) is 4.74. The van der Waals surface area contributed by atoms with Crippen molar-refractivity contribution in [1.29, 1.82) is 0 Å². The molecule has 0 unspecified atom stereocenters. The summed E-state index contributed by atoms with van der Waals surface area (Å²) < 4.78 is 10.1. The highest BCUT2D eigenvalue weighted by Crippen LogP contribution is 2.22. The van der Waals surface area contributed by atoms with E-state index >= 15 is 0 Å². The van der Waals surface area contributed by atoms with Crippen LogP contribution in [0.4, 0.5) is 0 Å². The zero-order valence-electron chi connectivity index (χ0n) is 11.8. The lowest BCUT2D eigenvalue weighted by molar-refractivity contribution is 0.0519. The predicted octanol–water partition coefficient (Wildman–Crippen LogP) is 3.23. The van der Waals surface area contributed by atoms with Crippen molar-refractivity contribution in [2.24, 2.45) is 0 Å². The number of esters is 1. The zero-order chi connectivity index (χ0) is 14.5. The Morgan fingerprint density at radius 2 is 2.00 bits per heavy atom. The minimum Gasteiger partial charge on any atom is -0.497 e. The normalized spacial score (nSPS) is 10.3. The quantitative estimate of drug-likeness (QED) is 0.794. The van der Waals surface area contributed by atoms with Gasteiger partial charge in [-0.3, -0.25) is 0 Å². The van der Waals surface area contributed by atoms with Crippen LogP contribution in [0.5, 0.6) is 5.75 Å². The fourth-order valence-electron chi connectivity index (χ4n) is 1.83. The number of aryl methyl sites for hydroxylation is 1. The number of methoxy groups -OCH3 is 1. The van der Waals surface area contributed by atoms with E-state index < -0.39 is 0 Å². The third kappa shape index (κ3) is 3.36. The highest BCUT2D eigenvalue weighted by Gasteiger charge is 2.16. The summed E-state index contributed by atoms with van der Waals surface area (Å²) in [6.45, 7) is 4.04. The maximum Gasteiger partial charge on any atom is 0.358 e. The monoisotopic (exact) mass is 291 g/mol.